The van der Waals surface area contributed by atoms with E-state index in [0.29, 0.717) is 17.0 Å². The van der Waals surface area contributed by atoms with Gasteiger partial charge < -0.3 is 10.1 Å². The first kappa shape index (κ1) is 14.6. The van der Waals surface area contributed by atoms with Crippen molar-refractivity contribution in [3.63, 3.8) is 0 Å². The lowest BCUT2D eigenvalue weighted by atomic mass is 10.2. The third-order valence-corrected chi connectivity index (χ3v) is 4.84. The van der Waals surface area contributed by atoms with Crippen LogP contribution < -0.4 is 10.1 Å². The van der Waals surface area contributed by atoms with Crippen molar-refractivity contribution in [2.45, 2.75) is 6.92 Å². The monoisotopic (exact) mass is 403 g/mol. The van der Waals surface area contributed by atoms with Crippen molar-refractivity contribution in [2.75, 3.05) is 12.4 Å². The van der Waals surface area contributed by atoms with Crippen LogP contribution in [0.15, 0.2) is 31.8 Å². The molecule has 3 nitrogen and oxygen atoms in total. The van der Waals surface area contributed by atoms with Crippen LogP contribution in [0.1, 0.15) is 15.9 Å². The largest absolute Gasteiger partial charge is 0.495 e. The minimum absolute atomic E-state index is 0.169. The van der Waals surface area contributed by atoms with Gasteiger partial charge in [0.15, 0.2) is 0 Å². The molecule has 0 saturated heterocycles. The summed E-state index contributed by atoms with van der Waals surface area (Å²) in [6.45, 7) is 1.96. The normalized spacial score (nSPS) is 10.3. The van der Waals surface area contributed by atoms with Gasteiger partial charge in [-0.3, -0.25) is 4.79 Å². The van der Waals surface area contributed by atoms with E-state index in [-0.39, 0.29) is 5.91 Å². The van der Waals surface area contributed by atoms with Crippen LogP contribution in [0, 0.1) is 6.92 Å². The molecule has 100 valence electrons. The lowest BCUT2D eigenvalue weighted by molar-refractivity contribution is 0.102. The van der Waals surface area contributed by atoms with Crippen LogP contribution in [0.2, 0.25) is 0 Å². The minimum Gasteiger partial charge on any atom is -0.495 e. The maximum atomic E-state index is 12.2. The molecule has 0 saturated carbocycles. The molecular formula is C13H11Br2NO2S. The summed E-state index contributed by atoms with van der Waals surface area (Å²) in [5.41, 5.74) is 2.32. The number of carbonyl (C=O) groups excluding carboxylic acids is 1. The Kier molecular flexibility index (Phi) is 4.65. The quantitative estimate of drug-likeness (QED) is 0.794. The van der Waals surface area contributed by atoms with Gasteiger partial charge in [0.2, 0.25) is 0 Å². The highest BCUT2D eigenvalue weighted by Crippen LogP contribution is 2.33. The highest BCUT2D eigenvalue weighted by Gasteiger charge is 2.15. The first-order valence-corrected chi connectivity index (χ1v) is 7.82. The molecule has 6 heteroatoms. The Morgan fingerprint density at radius 3 is 2.63 bits per heavy atom. The van der Waals surface area contributed by atoms with Crippen molar-refractivity contribution < 1.29 is 9.53 Å². The zero-order chi connectivity index (χ0) is 14.0. The van der Waals surface area contributed by atoms with E-state index in [1.165, 1.54) is 11.3 Å². The number of halogens is 2. The fourth-order valence-electron chi connectivity index (χ4n) is 1.60. The second-order valence-corrected chi connectivity index (χ2v) is 7.65. The molecule has 0 aliphatic heterocycles. The van der Waals surface area contributed by atoms with Gasteiger partial charge in [0.25, 0.3) is 5.91 Å². The second kappa shape index (κ2) is 6.07. The average Bonchev–Trinajstić information content (AvgIpc) is 2.69. The van der Waals surface area contributed by atoms with E-state index in [4.69, 9.17) is 4.74 Å². The van der Waals surface area contributed by atoms with E-state index in [9.17, 15) is 4.79 Å². The first-order chi connectivity index (χ1) is 9.01. The zero-order valence-electron chi connectivity index (χ0n) is 10.3. The molecule has 2 rings (SSSR count). The predicted octanol–water partition coefficient (Wildman–Crippen LogP) is 4.84. The highest BCUT2D eigenvalue weighted by atomic mass is 79.9. The molecule has 1 amide bonds. The van der Waals surface area contributed by atoms with Gasteiger partial charge in [0.1, 0.15) is 5.75 Å². The van der Waals surface area contributed by atoms with Crippen molar-refractivity contribution in [3.8, 4) is 5.75 Å². The summed E-state index contributed by atoms with van der Waals surface area (Å²) >= 11 is 8.20. The summed E-state index contributed by atoms with van der Waals surface area (Å²) in [6.07, 6.45) is 0. The Bertz CT molecular complexity index is 625. The number of anilines is 1. The van der Waals surface area contributed by atoms with E-state index in [2.05, 4.69) is 37.2 Å². The zero-order valence-corrected chi connectivity index (χ0v) is 14.3. The molecular weight excluding hydrogens is 394 g/mol. The van der Waals surface area contributed by atoms with Crippen LogP contribution >= 0.6 is 43.2 Å². The number of ether oxygens (including phenoxy) is 1. The summed E-state index contributed by atoms with van der Waals surface area (Å²) in [5.74, 6) is 0.474. The number of hydrogen-bond donors (Lipinski definition) is 1. The molecule has 1 N–H and O–H groups in total. The number of hydrogen-bond acceptors (Lipinski definition) is 3. The molecule has 0 radical (unpaired) electrons. The molecule has 1 aromatic heterocycles. The Labute approximate surface area is 132 Å². The van der Waals surface area contributed by atoms with Crippen LogP contribution in [0.4, 0.5) is 5.69 Å². The van der Waals surface area contributed by atoms with E-state index >= 15 is 0 Å². The van der Waals surface area contributed by atoms with Gasteiger partial charge in [-0.1, -0.05) is 6.07 Å². The third-order valence-electron chi connectivity index (χ3n) is 2.50. The van der Waals surface area contributed by atoms with Crippen LogP contribution in [-0.4, -0.2) is 13.0 Å². The molecule has 0 spiro atoms. The number of aryl methyl sites for hydroxylation is 1. The SMILES string of the molecule is COc1ccc(C)cc1NC(=O)c1cc(Br)sc1Br. The predicted molar refractivity (Wildman–Crippen MR) is 85.4 cm³/mol. The summed E-state index contributed by atoms with van der Waals surface area (Å²) in [6, 6.07) is 7.44. The third kappa shape index (κ3) is 3.38. The van der Waals surface area contributed by atoms with Gasteiger partial charge >= 0.3 is 0 Å². The summed E-state index contributed by atoms with van der Waals surface area (Å²) in [7, 11) is 1.58. The van der Waals surface area contributed by atoms with Gasteiger partial charge in [0.05, 0.1) is 25.9 Å². The Balaban J connectivity index is 2.28. The number of thiophene rings is 1. The molecule has 2 aromatic rings. The van der Waals surface area contributed by atoms with Gasteiger partial charge in [-0.25, -0.2) is 0 Å². The van der Waals surface area contributed by atoms with E-state index in [0.717, 1.165) is 13.1 Å². The maximum Gasteiger partial charge on any atom is 0.257 e. The molecule has 0 unspecified atom stereocenters. The van der Waals surface area contributed by atoms with Crippen molar-refractivity contribution in [3.05, 3.63) is 43.0 Å². The van der Waals surface area contributed by atoms with Crippen molar-refractivity contribution in [1.29, 1.82) is 0 Å². The number of rotatable bonds is 3. The lowest BCUT2D eigenvalue weighted by Crippen LogP contribution is -2.12. The van der Waals surface area contributed by atoms with Crippen molar-refractivity contribution >= 4 is 54.8 Å². The highest BCUT2D eigenvalue weighted by molar-refractivity contribution is 9.12. The molecule has 0 aliphatic carbocycles. The van der Waals surface area contributed by atoms with E-state index < -0.39 is 0 Å². The van der Waals surface area contributed by atoms with Gasteiger partial charge in [0, 0.05) is 0 Å². The lowest BCUT2D eigenvalue weighted by Gasteiger charge is -2.10. The molecule has 0 fully saturated rings. The molecule has 19 heavy (non-hydrogen) atoms. The number of amides is 1. The van der Waals surface area contributed by atoms with Crippen molar-refractivity contribution in [2.24, 2.45) is 0 Å². The van der Waals surface area contributed by atoms with Crippen LogP contribution in [0.3, 0.4) is 0 Å². The number of nitrogens with one attached hydrogen (secondary N) is 1. The maximum absolute atomic E-state index is 12.2. The standard InChI is InChI=1S/C13H11Br2NO2S/c1-7-3-4-10(18-2)9(5-7)16-13(17)8-6-11(14)19-12(8)15/h3-6H,1-2H3,(H,16,17). The Hall–Kier alpha value is -0.850. The average molecular weight is 405 g/mol. The minimum atomic E-state index is -0.169. The topological polar surface area (TPSA) is 38.3 Å². The fraction of sp³-hybridized carbons (Fsp3) is 0.154. The van der Waals surface area contributed by atoms with E-state index in [1.807, 2.05) is 25.1 Å². The Morgan fingerprint density at radius 2 is 2.05 bits per heavy atom. The molecule has 0 atom stereocenters. The molecule has 1 aromatic carbocycles. The second-order valence-electron chi connectivity index (χ2n) is 3.90. The van der Waals surface area contributed by atoms with Gasteiger partial charge in [-0.15, -0.1) is 11.3 Å². The van der Waals surface area contributed by atoms with Gasteiger partial charge in [-0.2, -0.15) is 0 Å². The number of benzene rings is 1. The Morgan fingerprint density at radius 1 is 1.32 bits per heavy atom. The van der Waals surface area contributed by atoms with E-state index in [1.54, 1.807) is 13.2 Å². The summed E-state index contributed by atoms with van der Waals surface area (Å²) < 4.78 is 6.94. The number of carbonyl (C=O) groups is 1. The number of methoxy groups -OCH3 is 1. The fourth-order valence-corrected chi connectivity index (χ4v) is 4.40. The van der Waals surface area contributed by atoms with Crippen LogP contribution in [-0.2, 0) is 0 Å². The summed E-state index contributed by atoms with van der Waals surface area (Å²) in [5, 5.41) is 2.86. The van der Waals surface area contributed by atoms with Gasteiger partial charge in [-0.05, 0) is 62.5 Å². The van der Waals surface area contributed by atoms with Crippen LogP contribution in [0.5, 0.6) is 5.75 Å². The smallest absolute Gasteiger partial charge is 0.257 e. The molecule has 0 bridgehead atoms. The molecule has 0 aliphatic rings. The molecule has 1 heterocycles. The first-order valence-electron chi connectivity index (χ1n) is 5.42. The van der Waals surface area contributed by atoms with Crippen LogP contribution in [0.25, 0.3) is 0 Å². The summed E-state index contributed by atoms with van der Waals surface area (Å²) in [4.78, 5) is 12.2. The van der Waals surface area contributed by atoms with Crippen molar-refractivity contribution in [1.82, 2.24) is 0 Å².